The Morgan fingerprint density at radius 1 is 1.06 bits per heavy atom. The van der Waals surface area contributed by atoms with E-state index in [0.717, 1.165) is 18.1 Å². The largest absolute Gasteiger partial charge is 0.455 e. The monoisotopic (exact) mass is 476 g/mol. The fraction of sp³-hybridized carbons (Fsp3) is 0.417. The van der Waals surface area contributed by atoms with Crippen molar-refractivity contribution in [2.75, 3.05) is 26.7 Å². The first-order valence-electron chi connectivity index (χ1n) is 11.0. The number of likely N-dealkylation sites (N-methyl/N-ethyl adjacent to an activating group) is 1. The molecule has 0 aliphatic carbocycles. The van der Waals surface area contributed by atoms with E-state index in [2.05, 4.69) is 6.92 Å². The summed E-state index contributed by atoms with van der Waals surface area (Å²) in [5, 5.41) is 0. The highest BCUT2D eigenvalue weighted by atomic mass is 32.2. The van der Waals surface area contributed by atoms with Gasteiger partial charge >= 0.3 is 5.97 Å². The molecule has 0 bridgehead atoms. The Morgan fingerprint density at radius 3 is 2.27 bits per heavy atom. The number of ether oxygens (including phenoxy) is 1. The molecule has 0 spiro atoms. The van der Waals surface area contributed by atoms with Gasteiger partial charge < -0.3 is 9.64 Å². The predicted octanol–water partition coefficient (Wildman–Crippen LogP) is 2.99. The summed E-state index contributed by atoms with van der Waals surface area (Å²) in [5.74, 6) is -2.14. The Kier molecular flexibility index (Phi) is 8.20. The maximum Gasteiger partial charge on any atom is 0.309 e. The van der Waals surface area contributed by atoms with Crippen molar-refractivity contribution in [2.45, 2.75) is 37.6 Å². The first kappa shape index (κ1) is 24.9. The van der Waals surface area contributed by atoms with Crippen molar-refractivity contribution in [3.05, 3.63) is 65.5 Å². The van der Waals surface area contributed by atoms with E-state index in [0.29, 0.717) is 6.54 Å². The van der Waals surface area contributed by atoms with Gasteiger partial charge in [0.25, 0.3) is 5.91 Å². The Morgan fingerprint density at radius 2 is 1.67 bits per heavy atom. The molecule has 2 aromatic carbocycles. The number of nitrogens with zero attached hydrogens (tertiary/aromatic N) is 2. The number of sulfonamides is 1. The fourth-order valence-electron chi connectivity index (χ4n) is 3.73. The molecule has 178 valence electrons. The number of aryl methyl sites for hydroxylation is 1. The molecule has 1 aliphatic rings. The zero-order valence-corrected chi connectivity index (χ0v) is 19.7. The van der Waals surface area contributed by atoms with Crippen molar-refractivity contribution in [2.24, 2.45) is 5.92 Å². The van der Waals surface area contributed by atoms with Crippen LogP contribution >= 0.6 is 0 Å². The van der Waals surface area contributed by atoms with Crippen molar-refractivity contribution >= 4 is 21.9 Å². The molecule has 0 radical (unpaired) electrons. The maximum atomic E-state index is 13.9. The highest BCUT2D eigenvalue weighted by Gasteiger charge is 2.34. The van der Waals surface area contributed by atoms with Crippen LogP contribution in [0.4, 0.5) is 4.39 Å². The van der Waals surface area contributed by atoms with Gasteiger partial charge in [-0.25, -0.2) is 12.8 Å². The summed E-state index contributed by atoms with van der Waals surface area (Å²) in [5.41, 5.74) is 2.20. The molecule has 7 nitrogen and oxygen atoms in total. The number of piperidine rings is 1. The van der Waals surface area contributed by atoms with Crippen LogP contribution in [0.15, 0.2) is 53.4 Å². The van der Waals surface area contributed by atoms with Gasteiger partial charge in [0.05, 0.1) is 5.92 Å². The maximum absolute atomic E-state index is 13.9. The Hall–Kier alpha value is -2.78. The number of benzene rings is 2. The third-order valence-electron chi connectivity index (χ3n) is 5.86. The molecular formula is C24H29FN2O5S. The van der Waals surface area contributed by atoms with Gasteiger partial charge in [0.2, 0.25) is 10.0 Å². The van der Waals surface area contributed by atoms with Gasteiger partial charge in [-0.15, -0.1) is 0 Å². The molecule has 3 rings (SSSR count). The van der Waals surface area contributed by atoms with Gasteiger partial charge in [-0.05, 0) is 42.5 Å². The molecule has 33 heavy (non-hydrogen) atoms. The second kappa shape index (κ2) is 10.9. The van der Waals surface area contributed by atoms with Crippen molar-refractivity contribution in [1.29, 1.82) is 0 Å². The molecule has 2 aromatic rings. The van der Waals surface area contributed by atoms with Gasteiger partial charge in [0.15, 0.2) is 6.61 Å². The molecule has 1 aliphatic heterocycles. The van der Waals surface area contributed by atoms with E-state index in [9.17, 15) is 22.4 Å². The molecule has 1 saturated heterocycles. The molecule has 1 heterocycles. The quantitative estimate of drug-likeness (QED) is 0.547. The topological polar surface area (TPSA) is 84.0 Å². The lowest BCUT2D eigenvalue weighted by Gasteiger charge is -2.30. The van der Waals surface area contributed by atoms with Crippen molar-refractivity contribution in [1.82, 2.24) is 9.21 Å². The number of carbonyl (C=O) groups is 2. The number of rotatable bonds is 8. The molecule has 0 N–H and O–H groups in total. The Labute approximate surface area is 194 Å². The summed E-state index contributed by atoms with van der Waals surface area (Å²) in [6.45, 7) is 2.28. The predicted molar refractivity (Wildman–Crippen MR) is 121 cm³/mol. The molecule has 1 fully saturated rings. The van der Waals surface area contributed by atoms with E-state index in [1.54, 1.807) is 7.05 Å². The van der Waals surface area contributed by atoms with Crippen LogP contribution in [0.25, 0.3) is 0 Å². The van der Waals surface area contributed by atoms with Gasteiger partial charge in [-0.1, -0.05) is 43.3 Å². The Bertz CT molecular complexity index is 1080. The number of hydrogen-bond donors (Lipinski definition) is 0. The third-order valence-corrected chi connectivity index (χ3v) is 7.79. The molecule has 0 aromatic heterocycles. The van der Waals surface area contributed by atoms with Gasteiger partial charge in [0.1, 0.15) is 10.7 Å². The summed E-state index contributed by atoms with van der Waals surface area (Å²) in [6, 6.07) is 13.2. The zero-order chi connectivity index (χ0) is 24.0. The van der Waals surface area contributed by atoms with E-state index >= 15 is 0 Å². The summed E-state index contributed by atoms with van der Waals surface area (Å²) >= 11 is 0. The minimum atomic E-state index is -3.97. The number of carbonyl (C=O) groups excluding carboxylic acids is 2. The minimum Gasteiger partial charge on any atom is -0.455 e. The lowest BCUT2D eigenvalue weighted by Crippen LogP contribution is -2.41. The van der Waals surface area contributed by atoms with Crippen LogP contribution in [0.3, 0.4) is 0 Å². The van der Waals surface area contributed by atoms with E-state index in [1.807, 2.05) is 24.3 Å². The van der Waals surface area contributed by atoms with Gasteiger partial charge in [0, 0.05) is 26.7 Å². The summed E-state index contributed by atoms with van der Waals surface area (Å²) in [4.78, 5) is 25.9. The smallest absolute Gasteiger partial charge is 0.309 e. The number of hydrogen-bond acceptors (Lipinski definition) is 5. The number of amides is 1. The van der Waals surface area contributed by atoms with Crippen LogP contribution in [0.2, 0.25) is 0 Å². The van der Waals surface area contributed by atoms with Crippen LogP contribution in [0.5, 0.6) is 0 Å². The van der Waals surface area contributed by atoms with Crippen LogP contribution in [0.1, 0.15) is 30.9 Å². The minimum absolute atomic E-state index is 0.0814. The first-order valence-corrected chi connectivity index (χ1v) is 12.4. The SMILES string of the molecule is CCc1ccc(CN(C)C(=O)COC(=O)C2CCN(S(=O)(=O)c3ccccc3F)CC2)cc1. The lowest BCUT2D eigenvalue weighted by atomic mass is 9.98. The molecule has 0 unspecified atom stereocenters. The zero-order valence-electron chi connectivity index (χ0n) is 18.9. The number of halogens is 1. The molecular weight excluding hydrogens is 447 g/mol. The lowest BCUT2D eigenvalue weighted by molar-refractivity contribution is -0.156. The van der Waals surface area contributed by atoms with Crippen LogP contribution in [-0.4, -0.2) is 56.2 Å². The highest BCUT2D eigenvalue weighted by Crippen LogP contribution is 2.26. The molecule has 1 amide bonds. The van der Waals surface area contributed by atoms with Gasteiger partial charge in [-0.2, -0.15) is 4.31 Å². The molecule has 9 heteroatoms. The summed E-state index contributed by atoms with van der Waals surface area (Å²) in [7, 11) is -2.32. The first-order chi connectivity index (χ1) is 15.7. The van der Waals surface area contributed by atoms with Crippen molar-refractivity contribution in [3.63, 3.8) is 0 Å². The third kappa shape index (κ3) is 6.17. The van der Waals surface area contributed by atoms with E-state index in [-0.39, 0.29) is 43.3 Å². The summed E-state index contributed by atoms with van der Waals surface area (Å²) < 4.78 is 45.7. The molecule has 0 atom stereocenters. The normalized spacial score (nSPS) is 15.2. The van der Waals surface area contributed by atoms with Crippen molar-refractivity contribution in [3.8, 4) is 0 Å². The number of esters is 1. The molecule has 0 saturated carbocycles. The van der Waals surface area contributed by atoms with E-state index in [1.165, 1.54) is 33.0 Å². The standard InChI is InChI=1S/C24H29FN2O5S/c1-3-18-8-10-19(11-9-18)16-26(2)23(28)17-32-24(29)20-12-14-27(15-13-20)33(30,31)22-7-5-4-6-21(22)25/h4-11,20H,3,12-17H2,1-2H3. The average Bonchev–Trinajstić information content (AvgIpc) is 2.83. The Balaban J connectivity index is 1.47. The second-order valence-electron chi connectivity index (χ2n) is 8.14. The van der Waals surface area contributed by atoms with E-state index in [4.69, 9.17) is 4.74 Å². The van der Waals surface area contributed by atoms with Crippen LogP contribution in [-0.2, 0) is 37.3 Å². The second-order valence-corrected chi connectivity index (χ2v) is 10.0. The average molecular weight is 477 g/mol. The van der Waals surface area contributed by atoms with Crippen LogP contribution < -0.4 is 0 Å². The van der Waals surface area contributed by atoms with E-state index < -0.39 is 27.7 Å². The van der Waals surface area contributed by atoms with Crippen LogP contribution in [0, 0.1) is 11.7 Å². The highest BCUT2D eigenvalue weighted by molar-refractivity contribution is 7.89. The van der Waals surface area contributed by atoms with Gasteiger partial charge in [-0.3, -0.25) is 9.59 Å². The fourth-order valence-corrected chi connectivity index (χ4v) is 5.26. The van der Waals surface area contributed by atoms with Crippen molar-refractivity contribution < 1.29 is 27.1 Å². The summed E-state index contributed by atoms with van der Waals surface area (Å²) in [6.07, 6.45) is 1.44.